The Bertz CT molecular complexity index is 1160. The van der Waals surface area contributed by atoms with Gasteiger partial charge in [0.15, 0.2) is 5.78 Å². The fourth-order valence-electron chi connectivity index (χ4n) is 3.51. The summed E-state index contributed by atoms with van der Waals surface area (Å²) in [4.78, 5) is 43.9. The fourth-order valence-corrected chi connectivity index (χ4v) is 4.48. The molecule has 4 rings (SSSR count). The molecule has 0 atom stereocenters. The second-order valence-corrected chi connectivity index (χ2v) is 7.87. The van der Waals surface area contributed by atoms with Crippen molar-refractivity contribution in [2.24, 2.45) is 0 Å². The lowest BCUT2D eigenvalue weighted by Gasteiger charge is -2.13. The van der Waals surface area contributed by atoms with Crippen LogP contribution in [0.3, 0.4) is 0 Å². The van der Waals surface area contributed by atoms with E-state index in [1.807, 2.05) is 18.2 Å². The predicted octanol–water partition coefficient (Wildman–Crippen LogP) is 3.06. The molecule has 0 N–H and O–H groups in total. The molecule has 0 bridgehead atoms. The molecule has 30 heavy (non-hydrogen) atoms. The number of rotatable bonds is 7. The van der Waals surface area contributed by atoms with Gasteiger partial charge in [-0.15, -0.1) is 0 Å². The molecule has 0 amide bonds. The number of ketones is 1. The lowest BCUT2D eigenvalue weighted by atomic mass is 10.1. The van der Waals surface area contributed by atoms with Crippen LogP contribution >= 0.6 is 11.8 Å². The maximum absolute atomic E-state index is 12.7. The Morgan fingerprint density at radius 3 is 2.67 bits per heavy atom. The molecule has 0 aliphatic heterocycles. The van der Waals surface area contributed by atoms with Crippen molar-refractivity contribution in [2.45, 2.75) is 30.8 Å². The van der Waals surface area contributed by atoms with E-state index >= 15 is 0 Å². The Kier molecular flexibility index (Phi) is 5.71. The Morgan fingerprint density at radius 2 is 1.97 bits per heavy atom. The van der Waals surface area contributed by atoms with Crippen LogP contribution in [0.1, 0.15) is 33.7 Å². The Morgan fingerprint density at radius 1 is 1.17 bits per heavy atom. The van der Waals surface area contributed by atoms with Crippen LogP contribution in [0.2, 0.25) is 0 Å². The van der Waals surface area contributed by atoms with Gasteiger partial charge >= 0.3 is 5.69 Å². The number of hydrogen-bond donors (Lipinski definition) is 0. The molecule has 0 fully saturated rings. The highest BCUT2D eigenvalue weighted by atomic mass is 32.2. The molecule has 0 saturated heterocycles. The van der Waals surface area contributed by atoms with Crippen molar-refractivity contribution < 1.29 is 9.72 Å². The number of non-ortho nitro benzene ring substituents is 1. The van der Waals surface area contributed by atoms with E-state index in [9.17, 15) is 19.7 Å². The summed E-state index contributed by atoms with van der Waals surface area (Å²) in [6.07, 6.45) is 4.25. The van der Waals surface area contributed by atoms with Crippen molar-refractivity contribution in [3.05, 3.63) is 91.8 Å². The van der Waals surface area contributed by atoms with E-state index in [4.69, 9.17) is 0 Å². The molecule has 0 saturated carbocycles. The highest BCUT2D eigenvalue weighted by Gasteiger charge is 2.23. The van der Waals surface area contributed by atoms with E-state index in [-0.39, 0.29) is 22.9 Å². The molecule has 152 valence electrons. The molecular weight excluding hydrogens is 404 g/mol. The first-order valence-electron chi connectivity index (χ1n) is 9.46. The summed E-state index contributed by atoms with van der Waals surface area (Å²) >= 11 is 1.24. The van der Waals surface area contributed by atoms with E-state index in [0.29, 0.717) is 17.1 Å². The minimum Gasteiger partial charge on any atom is -0.293 e. The van der Waals surface area contributed by atoms with Crippen LogP contribution in [0.5, 0.6) is 0 Å². The maximum atomic E-state index is 12.7. The number of hydrogen-bond acceptors (Lipinski definition) is 7. The summed E-state index contributed by atoms with van der Waals surface area (Å²) in [6, 6.07) is 11.1. The van der Waals surface area contributed by atoms with Gasteiger partial charge in [0, 0.05) is 35.2 Å². The normalized spacial score (nSPS) is 12.5. The summed E-state index contributed by atoms with van der Waals surface area (Å²) in [5, 5.41) is 11.3. The van der Waals surface area contributed by atoms with Crippen LogP contribution in [0.25, 0.3) is 0 Å². The fraction of sp³-hybridized carbons (Fsp3) is 0.238. The van der Waals surface area contributed by atoms with E-state index in [0.717, 1.165) is 36.2 Å². The van der Waals surface area contributed by atoms with Crippen molar-refractivity contribution in [1.82, 2.24) is 14.5 Å². The molecular formula is C21H18N4O4S. The lowest BCUT2D eigenvalue weighted by molar-refractivity contribution is -0.384. The van der Waals surface area contributed by atoms with Crippen LogP contribution in [0, 0.1) is 10.1 Å². The molecule has 0 spiro atoms. The summed E-state index contributed by atoms with van der Waals surface area (Å²) in [6.45, 7) is 0.377. The zero-order valence-electron chi connectivity index (χ0n) is 16.0. The highest BCUT2D eigenvalue weighted by Crippen LogP contribution is 2.30. The molecule has 1 aromatic carbocycles. The van der Waals surface area contributed by atoms with Gasteiger partial charge in [-0.2, -0.15) is 4.98 Å². The number of nitrogens with zero attached hydrogens (tertiary/aromatic N) is 4. The number of carbonyl (C=O) groups excluding carboxylic acids is 1. The highest BCUT2D eigenvalue weighted by molar-refractivity contribution is 8.00. The van der Waals surface area contributed by atoms with Crippen molar-refractivity contribution in [2.75, 3.05) is 5.75 Å². The lowest BCUT2D eigenvalue weighted by Crippen LogP contribution is -2.28. The largest absolute Gasteiger partial charge is 0.349 e. The zero-order valence-corrected chi connectivity index (χ0v) is 16.8. The SMILES string of the molecule is O=C(CSc1nc(=O)n(Cc2ccccn2)c2c1CCC2)c1ccc([N+](=O)[O-])cc1. The van der Waals surface area contributed by atoms with Gasteiger partial charge in [-0.25, -0.2) is 4.79 Å². The third-order valence-electron chi connectivity index (χ3n) is 4.99. The molecule has 9 heteroatoms. The number of Topliss-reactive ketones (excluding diaryl/α,β-unsaturated/α-hetero) is 1. The van der Waals surface area contributed by atoms with E-state index in [1.54, 1.807) is 10.8 Å². The minimum absolute atomic E-state index is 0.0600. The summed E-state index contributed by atoms with van der Waals surface area (Å²) in [7, 11) is 0. The first kappa shape index (κ1) is 20.0. The van der Waals surface area contributed by atoms with Gasteiger partial charge in [-0.3, -0.25) is 24.5 Å². The van der Waals surface area contributed by atoms with E-state index in [2.05, 4.69) is 9.97 Å². The van der Waals surface area contributed by atoms with Crippen LogP contribution in [0.4, 0.5) is 5.69 Å². The monoisotopic (exact) mass is 422 g/mol. The standard InChI is InChI=1S/C21H18N4O4S/c26-19(14-7-9-16(10-8-14)25(28)29)13-30-20-17-5-3-6-18(17)24(21(27)23-20)12-15-4-1-2-11-22-15/h1-2,4,7-11H,3,5-6,12-13H2. The zero-order chi connectivity index (χ0) is 21.1. The van der Waals surface area contributed by atoms with Gasteiger partial charge in [0.1, 0.15) is 5.03 Å². The molecule has 1 aliphatic carbocycles. The molecule has 0 unspecified atom stereocenters. The quantitative estimate of drug-likeness (QED) is 0.189. The van der Waals surface area contributed by atoms with Crippen LogP contribution in [-0.2, 0) is 19.4 Å². The number of aromatic nitrogens is 3. The average Bonchev–Trinajstić information content (AvgIpc) is 3.25. The Hall–Kier alpha value is -3.33. The van der Waals surface area contributed by atoms with Crippen molar-refractivity contribution in [1.29, 1.82) is 0 Å². The van der Waals surface area contributed by atoms with Crippen LogP contribution in [-0.4, -0.2) is 31.0 Å². The topological polar surface area (TPSA) is 108 Å². The van der Waals surface area contributed by atoms with Gasteiger partial charge in [0.2, 0.25) is 0 Å². The minimum atomic E-state index is -0.504. The number of nitro benzene ring substituents is 1. The smallest absolute Gasteiger partial charge is 0.293 e. The van der Waals surface area contributed by atoms with Gasteiger partial charge in [0.05, 0.1) is 22.9 Å². The Balaban J connectivity index is 1.53. The number of thioether (sulfide) groups is 1. The summed E-state index contributed by atoms with van der Waals surface area (Å²) < 4.78 is 1.67. The van der Waals surface area contributed by atoms with Crippen LogP contribution < -0.4 is 5.69 Å². The van der Waals surface area contributed by atoms with Crippen molar-refractivity contribution in [3.8, 4) is 0 Å². The van der Waals surface area contributed by atoms with Gasteiger partial charge in [-0.05, 0) is 43.5 Å². The summed E-state index contributed by atoms with van der Waals surface area (Å²) in [5.41, 5.74) is 2.78. The number of nitro groups is 1. The number of benzene rings is 1. The molecule has 8 nitrogen and oxygen atoms in total. The number of pyridine rings is 1. The average molecular weight is 422 g/mol. The predicted molar refractivity (Wildman–Crippen MR) is 112 cm³/mol. The van der Waals surface area contributed by atoms with E-state index < -0.39 is 4.92 Å². The molecule has 3 aromatic rings. The third kappa shape index (κ3) is 4.16. The van der Waals surface area contributed by atoms with Crippen molar-refractivity contribution >= 4 is 23.2 Å². The van der Waals surface area contributed by atoms with E-state index in [1.165, 1.54) is 36.0 Å². The first-order chi connectivity index (χ1) is 14.5. The third-order valence-corrected chi connectivity index (χ3v) is 6.00. The van der Waals surface area contributed by atoms with Crippen molar-refractivity contribution in [3.63, 3.8) is 0 Å². The maximum Gasteiger partial charge on any atom is 0.349 e. The molecule has 2 heterocycles. The molecule has 1 aliphatic rings. The molecule has 0 radical (unpaired) electrons. The first-order valence-corrected chi connectivity index (χ1v) is 10.4. The van der Waals surface area contributed by atoms with Gasteiger partial charge in [0.25, 0.3) is 5.69 Å². The second kappa shape index (κ2) is 8.58. The number of fused-ring (bicyclic) bond motifs is 1. The Labute approximate surface area is 176 Å². The van der Waals surface area contributed by atoms with Gasteiger partial charge < -0.3 is 0 Å². The number of carbonyl (C=O) groups is 1. The summed E-state index contributed by atoms with van der Waals surface area (Å²) in [5.74, 6) is -0.0536. The second-order valence-electron chi connectivity index (χ2n) is 6.90. The molecule has 2 aromatic heterocycles. The van der Waals surface area contributed by atoms with Crippen LogP contribution in [0.15, 0.2) is 58.5 Å². The van der Waals surface area contributed by atoms with Gasteiger partial charge in [-0.1, -0.05) is 17.8 Å².